The van der Waals surface area contributed by atoms with E-state index in [-0.39, 0.29) is 0 Å². The largest absolute Gasteiger partial charge is 0.309 e. The quantitative estimate of drug-likeness (QED) is 0.165. The Balaban J connectivity index is 1.03. The summed E-state index contributed by atoms with van der Waals surface area (Å²) in [6.45, 7) is 0. The molecule has 0 saturated heterocycles. The van der Waals surface area contributed by atoms with Crippen LogP contribution in [0, 0.1) is 0 Å². The van der Waals surface area contributed by atoms with Crippen molar-refractivity contribution < 1.29 is 0 Å². The zero-order valence-corrected chi connectivity index (χ0v) is 31.9. The van der Waals surface area contributed by atoms with Crippen molar-refractivity contribution in [3.05, 3.63) is 206 Å². The summed E-state index contributed by atoms with van der Waals surface area (Å²) >= 11 is 0. The molecule has 0 fully saturated rings. The van der Waals surface area contributed by atoms with E-state index in [1.54, 1.807) is 0 Å². The molecule has 4 heterocycles. The van der Waals surface area contributed by atoms with Crippen LogP contribution in [0.15, 0.2) is 206 Å². The lowest BCUT2D eigenvalue weighted by Crippen LogP contribution is -1.99. The number of para-hydroxylation sites is 5. The Hall–Kier alpha value is -7.95. The second kappa shape index (κ2) is 12.3. The molecular formula is C55H34N4. The van der Waals surface area contributed by atoms with Gasteiger partial charge in [0.2, 0.25) is 0 Å². The Morgan fingerprint density at radius 2 is 0.729 bits per heavy atom. The molecule has 0 unspecified atom stereocenters. The van der Waals surface area contributed by atoms with Crippen molar-refractivity contribution in [3.8, 4) is 28.3 Å². The van der Waals surface area contributed by atoms with E-state index in [2.05, 4.69) is 220 Å². The highest BCUT2D eigenvalue weighted by Crippen LogP contribution is 2.43. The maximum Gasteiger partial charge on any atom is 0.0809 e. The number of aromatic nitrogens is 4. The minimum atomic E-state index is 0.996. The lowest BCUT2D eigenvalue weighted by molar-refractivity contribution is 1.14. The van der Waals surface area contributed by atoms with Crippen molar-refractivity contribution in [2.45, 2.75) is 0 Å². The zero-order valence-electron chi connectivity index (χ0n) is 31.9. The molecule has 59 heavy (non-hydrogen) atoms. The van der Waals surface area contributed by atoms with Gasteiger partial charge in [0.1, 0.15) is 0 Å². The van der Waals surface area contributed by atoms with Gasteiger partial charge >= 0.3 is 0 Å². The minimum absolute atomic E-state index is 0.996. The standard InChI is InChI=1S/C55H34N4/c1-2-14-35(15-3-1)54-53-44(39-16-4-9-21-47(39)56-54)31-32-45-42-19-7-13-25-51(42)59(55(45)53)37-28-26-36(27-29-37)57-50-24-12-8-20-43(50)46-34-38(30-33-52(46)57)58-48-22-10-5-17-40(48)41-18-6-11-23-49(41)58/h1-34H. The summed E-state index contributed by atoms with van der Waals surface area (Å²) in [5, 5.41) is 11.0. The number of rotatable bonds is 4. The summed E-state index contributed by atoms with van der Waals surface area (Å²) in [4.78, 5) is 5.37. The van der Waals surface area contributed by atoms with Crippen molar-refractivity contribution in [1.82, 2.24) is 18.7 Å². The van der Waals surface area contributed by atoms with Crippen molar-refractivity contribution in [2.75, 3.05) is 0 Å². The van der Waals surface area contributed by atoms with Gasteiger partial charge in [0, 0.05) is 65.7 Å². The monoisotopic (exact) mass is 750 g/mol. The molecule has 4 heteroatoms. The summed E-state index contributed by atoms with van der Waals surface area (Å²) in [6, 6.07) is 74.8. The second-order valence-corrected chi connectivity index (χ2v) is 15.5. The molecule has 13 aromatic rings. The Morgan fingerprint density at radius 3 is 1.37 bits per heavy atom. The topological polar surface area (TPSA) is 27.7 Å². The molecule has 13 rings (SSSR count). The van der Waals surface area contributed by atoms with Crippen LogP contribution in [-0.2, 0) is 0 Å². The third-order valence-electron chi connectivity index (χ3n) is 12.4. The third-order valence-corrected chi connectivity index (χ3v) is 12.4. The molecule has 9 aromatic carbocycles. The van der Waals surface area contributed by atoms with Crippen LogP contribution in [0.4, 0.5) is 0 Å². The van der Waals surface area contributed by atoms with Crippen LogP contribution in [0.3, 0.4) is 0 Å². The number of fused-ring (bicyclic) bond motifs is 13. The number of hydrogen-bond acceptors (Lipinski definition) is 1. The number of hydrogen-bond donors (Lipinski definition) is 0. The first-order valence-electron chi connectivity index (χ1n) is 20.2. The Labute approximate surface area is 339 Å². The molecule has 0 N–H and O–H groups in total. The van der Waals surface area contributed by atoms with Crippen LogP contribution in [0.25, 0.3) is 115 Å². The van der Waals surface area contributed by atoms with Crippen molar-refractivity contribution in [1.29, 1.82) is 0 Å². The Bertz CT molecular complexity index is 3770. The summed E-state index contributed by atoms with van der Waals surface area (Å²) < 4.78 is 7.26. The summed E-state index contributed by atoms with van der Waals surface area (Å²) in [7, 11) is 0. The summed E-state index contributed by atoms with van der Waals surface area (Å²) in [6.07, 6.45) is 0. The molecule has 0 saturated carbocycles. The lowest BCUT2D eigenvalue weighted by atomic mass is 9.97. The number of pyridine rings is 1. The van der Waals surface area contributed by atoms with Gasteiger partial charge in [-0.25, -0.2) is 4.98 Å². The molecule has 0 atom stereocenters. The smallest absolute Gasteiger partial charge is 0.0809 e. The van der Waals surface area contributed by atoms with Crippen LogP contribution < -0.4 is 0 Å². The van der Waals surface area contributed by atoms with Crippen molar-refractivity contribution >= 4 is 87.1 Å². The predicted octanol–water partition coefficient (Wildman–Crippen LogP) is 14.3. The van der Waals surface area contributed by atoms with Gasteiger partial charge in [0.25, 0.3) is 0 Å². The van der Waals surface area contributed by atoms with Gasteiger partial charge in [-0.1, -0.05) is 133 Å². The van der Waals surface area contributed by atoms with Gasteiger partial charge < -0.3 is 13.7 Å². The van der Waals surface area contributed by atoms with E-state index in [4.69, 9.17) is 4.98 Å². The van der Waals surface area contributed by atoms with E-state index in [9.17, 15) is 0 Å². The third kappa shape index (κ3) is 4.57. The number of benzene rings is 9. The van der Waals surface area contributed by atoms with Gasteiger partial charge in [-0.05, 0) is 78.2 Å². The molecule has 274 valence electrons. The fraction of sp³-hybridized carbons (Fsp3) is 0. The molecule has 0 aliphatic rings. The fourth-order valence-electron chi connectivity index (χ4n) is 9.90. The van der Waals surface area contributed by atoms with E-state index in [1.165, 1.54) is 70.8 Å². The molecular weight excluding hydrogens is 717 g/mol. The van der Waals surface area contributed by atoms with E-state index in [0.29, 0.717) is 0 Å². The molecule has 0 amide bonds. The van der Waals surface area contributed by atoms with Crippen molar-refractivity contribution in [2.24, 2.45) is 0 Å². The van der Waals surface area contributed by atoms with E-state index < -0.39 is 0 Å². The van der Waals surface area contributed by atoms with Gasteiger partial charge in [-0.3, -0.25) is 0 Å². The highest BCUT2D eigenvalue weighted by atomic mass is 15.0. The zero-order chi connectivity index (χ0) is 38.6. The van der Waals surface area contributed by atoms with Crippen LogP contribution >= 0.6 is 0 Å². The lowest BCUT2D eigenvalue weighted by Gasteiger charge is -2.15. The maximum absolute atomic E-state index is 5.37. The molecule has 0 spiro atoms. The Morgan fingerprint density at radius 1 is 0.288 bits per heavy atom. The number of nitrogens with zero attached hydrogens (tertiary/aromatic N) is 4. The normalized spacial score (nSPS) is 12.1. The predicted molar refractivity (Wildman–Crippen MR) is 248 cm³/mol. The summed E-state index contributed by atoms with van der Waals surface area (Å²) in [5.41, 5.74) is 13.6. The molecule has 4 nitrogen and oxygen atoms in total. The van der Waals surface area contributed by atoms with Crippen LogP contribution in [-0.4, -0.2) is 18.7 Å². The first kappa shape index (κ1) is 32.2. The SMILES string of the molecule is c1ccc(-c2nc3ccccc3c3ccc4c5ccccc5n(-c5ccc(-n6c7ccccc7c7cc(-n8c9ccccc9c9ccccc98)ccc76)cc5)c4c23)cc1. The highest BCUT2D eigenvalue weighted by Gasteiger charge is 2.21. The van der Waals surface area contributed by atoms with Crippen molar-refractivity contribution in [3.63, 3.8) is 0 Å². The van der Waals surface area contributed by atoms with Crippen LogP contribution in [0.5, 0.6) is 0 Å². The molecule has 4 aromatic heterocycles. The van der Waals surface area contributed by atoms with Gasteiger partial charge in [-0.2, -0.15) is 0 Å². The molecule has 0 aliphatic carbocycles. The first-order chi connectivity index (χ1) is 29.3. The van der Waals surface area contributed by atoms with E-state index in [0.717, 1.165) is 44.6 Å². The second-order valence-electron chi connectivity index (χ2n) is 15.5. The van der Waals surface area contributed by atoms with Gasteiger partial charge in [0.15, 0.2) is 0 Å². The first-order valence-corrected chi connectivity index (χ1v) is 20.2. The van der Waals surface area contributed by atoms with Crippen LogP contribution in [0.2, 0.25) is 0 Å². The van der Waals surface area contributed by atoms with E-state index in [1.807, 2.05) is 0 Å². The maximum atomic E-state index is 5.37. The van der Waals surface area contributed by atoms with Gasteiger partial charge in [-0.15, -0.1) is 0 Å². The average molecular weight is 751 g/mol. The average Bonchev–Trinajstić information content (AvgIpc) is 3.95. The Kier molecular flexibility index (Phi) is 6.69. The fourth-order valence-corrected chi connectivity index (χ4v) is 9.90. The van der Waals surface area contributed by atoms with E-state index >= 15 is 0 Å². The molecule has 0 aliphatic heterocycles. The molecule has 0 radical (unpaired) electrons. The summed E-state index contributed by atoms with van der Waals surface area (Å²) in [5.74, 6) is 0. The minimum Gasteiger partial charge on any atom is -0.309 e. The van der Waals surface area contributed by atoms with Crippen LogP contribution in [0.1, 0.15) is 0 Å². The molecule has 0 bridgehead atoms. The van der Waals surface area contributed by atoms with Gasteiger partial charge in [0.05, 0.1) is 44.3 Å². The highest BCUT2D eigenvalue weighted by molar-refractivity contribution is 6.26.